The third-order valence-electron chi connectivity index (χ3n) is 5.09. The van der Waals surface area contributed by atoms with Gasteiger partial charge in [0.1, 0.15) is 0 Å². The average molecular weight is 391 g/mol. The Balaban J connectivity index is 1.75. The second-order valence-corrected chi connectivity index (χ2v) is 8.61. The van der Waals surface area contributed by atoms with Gasteiger partial charge in [-0.2, -0.15) is 4.31 Å². The fourth-order valence-corrected chi connectivity index (χ4v) is 4.67. The molecule has 0 bridgehead atoms. The fraction of sp³-hybridized carbons (Fsp3) is 0.400. The minimum atomic E-state index is -3.57. The molecular formula is C20H26N2O4S. The number of piperazine rings is 1. The van der Waals surface area contributed by atoms with E-state index in [4.69, 9.17) is 9.47 Å². The quantitative estimate of drug-likeness (QED) is 0.786. The van der Waals surface area contributed by atoms with Gasteiger partial charge in [-0.05, 0) is 49.2 Å². The average Bonchev–Trinajstić information content (AvgIpc) is 2.69. The van der Waals surface area contributed by atoms with Crippen LogP contribution >= 0.6 is 0 Å². The maximum absolute atomic E-state index is 13.0. The summed E-state index contributed by atoms with van der Waals surface area (Å²) in [5, 5.41) is 0. The van der Waals surface area contributed by atoms with Gasteiger partial charge in [-0.25, -0.2) is 8.42 Å². The number of sulfonamides is 1. The van der Waals surface area contributed by atoms with Gasteiger partial charge in [0.2, 0.25) is 10.0 Å². The first-order valence-electron chi connectivity index (χ1n) is 8.91. The van der Waals surface area contributed by atoms with Gasteiger partial charge in [-0.1, -0.05) is 6.07 Å². The first-order valence-corrected chi connectivity index (χ1v) is 10.3. The molecular weight excluding hydrogens is 364 g/mol. The molecule has 27 heavy (non-hydrogen) atoms. The summed E-state index contributed by atoms with van der Waals surface area (Å²) < 4.78 is 38.0. The number of ether oxygens (including phenoxy) is 2. The van der Waals surface area contributed by atoms with Crippen LogP contribution in [-0.2, 0) is 10.0 Å². The lowest BCUT2D eigenvalue weighted by Gasteiger charge is -2.35. The van der Waals surface area contributed by atoms with E-state index < -0.39 is 10.0 Å². The van der Waals surface area contributed by atoms with Crippen LogP contribution < -0.4 is 14.4 Å². The molecule has 0 aromatic heterocycles. The highest BCUT2D eigenvalue weighted by atomic mass is 32.2. The molecule has 0 N–H and O–H groups in total. The topological polar surface area (TPSA) is 59.1 Å². The standard InChI is InChI=1S/C20H26N2O4S/c1-15-5-6-17(13-16(15)2)21-9-11-22(12-10-21)27(23,24)18-7-8-19(25-3)20(14-18)26-4/h5-8,13-14H,9-12H2,1-4H3. The molecule has 2 aromatic carbocycles. The summed E-state index contributed by atoms with van der Waals surface area (Å²) in [6.45, 7) is 6.40. The van der Waals surface area contributed by atoms with Gasteiger partial charge >= 0.3 is 0 Å². The zero-order chi connectivity index (χ0) is 19.6. The molecule has 1 aliphatic rings. The highest BCUT2D eigenvalue weighted by Gasteiger charge is 2.29. The Morgan fingerprint density at radius 1 is 0.815 bits per heavy atom. The van der Waals surface area contributed by atoms with E-state index in [1.807, 2.05) is 0 Å². The SMILES string of the molecule is COc1ccc(S(=O)(=O)N2CCN(c3ccc(C)c(C)c3)CC2)cc1OC. The second-order valence-electron chi connectivity index (χ2n) is 6.68. The lowest BCUT2D eigenvalue weighted by Crippen LogP contribution is -2.48. The van der Waals surface area contributed by atoms with Gasteiger partial charge in [0, 0.05) is 37.9 Å². The fourth-order valence-electron chi connectivity index (χ4n) is 3.24. The molecule has 0 spiro atoms. The summed E-state index contributed by atoms with van der Waals surface area (Å²) in [4.78, 5) is 2.45. The van der Waals surface area contributed by atoms with Crippen LogP contribution in [0.4, 0.5) is 5.69 Å². The Kier molecular flexibility index (Phi) is 5.62. The first-order chi connectivity index (χ1) is 12.9. The van der Waals surface area contributed by atoms with Crippen LogP contribution in [0.2, 0.25) is 0 Å². The lowest BCUT2D eigenvalue weighted by molar-refractivity contribution is 0.353. The number of hydrogen-bond acceptors (Lipinski definition) is 5. The molecule has 0 unspecified atom stereocenters. The van der Waals surface area contributed by atoms with Gasteiger partial charge in [-0.3, -0.25) is 0 Å². The molecule has 1 aliphatic heterocycles. The molecule has 0 atom stereocenters. The van der Waals surface area contributed by atoms with Crippen molar-refractivity contribution in [2.24, 2.45) is 0 Å². The summed E-state index contributed by atoms with van der Waals surface area (Å²) >= 11 is 0. The number of anilines is 1. The van der Waals surface area contributed by atoms with Crippen molar-refractivity contribution in [3.05, 3.63) is 47.5 Å². The largest absolute Gasteiger partial charge is 0.493 e. The number of aryl methyl sites for hydroxylation is 2. The molecule has 1 fully saturated rings. The number of hydrogen-bond donors (Lipinski definition) is 0. The number of nitrogens with zero attached hydrogens (tertiary/aromatic N) is 2. The molecule has 1 saturated heterocycles. The smallest absolute Gasteiger partial charge is 0.243 e. The highest BCUT2D eigenvalue weighted by molar-refractivity contribution is 7.89. The third kappa shape index (κ3) is 3.89. The third-order valence-corrected chi connectivity index (χ3v) is 6.98. The van der Waals surface area contributed by atoms with Gasteiger partial charge < -0.3 is 14.4 Å². The first kappa shape index (κ1) is 19.5. The molecule has 7 heteroatoms. The van der Waals surface area contributed by atoms with Crippen molar-refractivity contribution in [3.63, 3.8) is 0 Å². The maximum atomic E-state index is 13.0. The van der Waals surface area contributed by atoms with Crippen LogP contribution in [0.25, 0.3) is 0 Å². The van der Waals surface area contributed by atoms with E-state index in [9.17, 15) is 8.42 Å². The Morgan fingerprint density at radius 2 is 1.48 bits per heavy atom. The summed E-state index contributed by atoms with van der Waals surface area (Å²) in [6, 6.07) is 11.1. The predicted octanol–water partition coefficient (Wildman–Crippen LogP) is 2.83. The monoisotopic (exact) mass is 390 g/mol. The van der Waals surface area contributed by atoms with E-state index in [0.29, 0.717) is 37.7 Å². The van der Waals surface area contributed by atoms with Crippen molar-refractivity contribution in [1.29, 1.82) is 0 Å². The van der Waals surface area contributed by atoms with Crippen molar-refractivity contribution in [1.82, 2.24) is 4.31 Å². The summed E-state index contributed by atoms with van der Waals surface area (Å²) in [5.74, 6) is 0.920. The van der Waals surface area contributed by atoms with E-state index in [-0.39, 0.29) is 4.90 Å². The Bertz CT molecular complexity index is 920. The zero-order valence-corrected chi connectivity index (χ0v) is 17.0. The minimum absolute atomic E-state index is 0.222. The van der Waals surface area contributed by atoms with Crippen LogP contribution in [-0.4, -0.2) is 53.1 Å². The van der Waals surface area contributed by atoms with E-state index in [1.165, 1.54) is 35.7 Å². The van der Waals surface area contributed by atoms with E-state index in [2.05, 4.69) is 36.9 Å². The normalized spacial score (nSPS) is 15.6. The van der Waals surface area contributed by atoms with Crippen LogP contribution in [0, 0.1) is 13.8 Å². The molecule has 2 aromatic rings. The van der Waals surface area contributed by atoms with Crippen molar-refractivity contribution >= 4 is 15.7 Å². The molecule has 3 rings (SSSR count). The van der Waals surface area contributed by atoms with E-state index >= 15 is 0 Å². The van der Waals surface area contributed by atoms with Crippen molar-refractivity contribution < 1.29 is 17.9 Å². The summed E-state index contributed by atoms with van der Waals surface area (Å²) in [5.41, 5.74) is 3.64. The zero-order valence-electron chi connectivity index (χ0n) is 16.2. The van der Waals surface area contributed by atoms with Crippen molar-refractivity contribution in [2.75, 3.05) is 45.3 Å². The number of rotatable bonds is 5. The maximum Gasteiger partial charge on any atom is 0.243 e. The predicted molar refractivity (Wildman–Crippen MR) is 106 cm³/mol. The minimum Gasteiger partial charge on any atom is -0.493 e. The highest BCUT2D eigenvalue weighted by Crippen LogP contribution is 2.31. The summed E-state index contributed by atoms with van der Waals surface area (Å²) in [6.07, 6.45) is 0. The van der Waals surface area contributed by atoms with Gasteiger partial charge in [0.05, 0.1) is 19.1 Å². The molecule has 6 nitrogen and oxygen atoms in total. The van der Waals surface area contributed by atoms with Crippen LogP contribution in [0.1, 0.15) is 11.1 Å². The molecule has 0 saturated carbocycles. The van der Waals surface area contributed by atoms with E-state index in [1.54, 1.807) is 12.1 Å². The van der Waals surface area contributed by atoms with Crippen LogP contribution in [0.3, 0.4) is 0 Å². The molecule has 0 radical (unpaired) electrons. The molecule has 0 amide bonds. The van der Waals surface area contributed by atoms with Gasteiger partial charge in [-0.15, -0.1) is 0 Å². The lowest BCUT2D eigenvalue weighted by atomic mass is 10.1. The van der Waals surface area contributed by atoms with Crippen molar-refractivity contribution in [2.45, 2.75) is 18.7 Å². The molecule has 146 valence electrons. The van der Waals surface area contributed by atoms with Crippen LogP contribution in [0.15, 0.2) is 41.3 Å². The van der Waals surface area contributed by atoms with Crippen molar-refractivity contribution in [3.8, 4) is 11.5 Å². The Morgan fingerprint density at radius 3 is 2.07 bits per heavy atom. The number of benzene rings is 2. The van der Waals surface area contributed by atoms with Gasteiger partial charge in [0.25, 0.3) is 0 Å². The molecule has 1 heterocycles. The van der Waals surface area contributed by atoms with Crippen LogP contribution in [0.5, 0.6) is 11.5 Å². The number of methoxy groups -OCH3 is 2. The second kappa shape index (κ2) is 7.78. The Labute approximate surface area is 161 Å². The molecule has 0 aliphatic carbocycles. The Hall–Kier alpha value is -2.25. The van der Waals surface area contributed by atoms with Gasteiger partial charge in [0.15, 0.2) is 11.5 Å². The van der Waals surface area contributed by atoms with E-state index in [0.717, 1.165) is 5.69 Å². The summed E-state index contributed by atoms with van der Waals surface area (Å²) in [7, 11) is -0.547.